The second-order valence-corrected chi connectivity index (χ2v) is 2.23. The molecule has 9 heavy (non-hydrogen) atoms. The van der Waals surface area contributed by atoms with Gasteiger partial charge in [0.25, 0.3) is 0 Å². The van der Waals surface area contributed by atoms with E-state index in [0.717, 1.165) is 10.3 Å². The molecular formula is C4H2N4S. The van der Waals surface area contributed by atoms with Crippen LogP contribution in [0.2, 0.25) is 0 Å². The minimum absolute atomic E-state index is 0.789. The lowest BCUT2D eigenvalue weighted by molar-refractivity contribution is 1.08. The molecule has 0 N–H and O–H groups in total. The van der Waals surface area contributed by atoms with Crippen LogP contribution < -0.4 is 0 Å². The van der Waals surface area contributed by atoms with E-state index in [1.165, 1.54) is 11.5 Å². The summed E-state index contributed by atoms with van der Waals surface area (Å²) in [5.41, 5.74) is 0.815. The van der Waals surface area contributed by atoms with E-state index >= 15 is 0 Å². The van der Waals surface area contributed by atoms with Crippen LogP contribution in [-0.2, 0) is 0 Å². The fraction of sp³-hybridized carbons (Fsp3) is 0. The smallest absolute Gasteiger partial charge is 0.158 e. The van der Waals surface area contributed by atoms with Crippen molar-refractivity contribution in [3.8, 4) is 0 Å². The lowest BCUT2D eigenvalue weighted by Gasteiger charge is -1.76. The summed E-state index contributed by atoms with van der Waals surface area (Å²) in [5.74, 6) is 0. The standard InChI is InChI=1S/C4H2N4S/c1-2-5-7-4-3(1)6-8-9-4/h1-2H. The molecule has 0 fully saturated rings. The third kappa shape index (κ3) is 0.655. The van der Waals surface area contributed by atoms with E-state index in [9.17, 15) is 0 Å². The molecule has 0 aliphatic rings. The second-order valence-electron chi connectivity index (χ2n) is 1.49. The Morgan fingerprint density at radius 3 is 3.22 bits per heavy atom. The molecule has 0 aliphatic heterocycles. The molecule has 2 aromatic rings. The van der Waals surface area contributed by atoms with Gasteiger partial charge in [0.2, 0.25) is 0 Å². The second kappa shape index (κ2) is 1.70. The number of aromatic nitrogens is 4. The number of fused-ring (bicyclic) bond motifs is 1. The van der Waals surface area contributed by atoms with E-state index in [0.29, 0.717) is 0 Å². The fourth-order valence-corrected chi connectivity index (χ4v) is 1.05. The van der Waals surface area contributed by atoms with Crippen molar-refractivity contribution in [3.05, 3.63) is 12.3 Å². The van der Waals surface area contributed by atoms with Gasteiger partial charge < -0.3 is 0 Å². The van der Waals surface area contributed by atoms with Crippen LogP contribution in [0.4, 0.5) is 0 Å². The molecule has 0 saturated heterocycles. The summed E-state index contributed by atoms with van der Waals surface area (Å²) in [6, 6.07) is 1.78. The molecule has 0 spiro atoms. The van der Waals surface area contributed by atoms with Crippen LogP contribution >= 0.6 is 11.5 Å². The predicted molar refractivity (Wildman–Crippen MR) is 33.0 cm³/mol. The molecule has 5 heteroatoms. The Kier molecular flexibility index (Phi) is 0.895. The van der Waals surface area contributed by atoms with Gasteiger partial charge in [-0.3, -0.25) is 0 Å². The van der Waals surface area contributed by atoms with Crippen LogP contribution in [0.15, 0.2) is 12.3 Å². The van der Waals surface area contributed by atoms with Gasteiger partial charge in [-0.25, -0.2) is 0 Å². The molecule has 0 aliphatic carbocycles. The summed E-state index contributed by atoms with van der Waals surface area (Å²) < 4.78 is 3.69. The van der Waals surface area contributed by atoms with Crippen molar-refractivity contribution >= 4 is 21.9 Å². The molecule has 2 heterocycles. The third-order valence-corrected chi connectivity index (χ3v) is 1.57. The van der Waals surface area contributed by atoms with Gasteiger partial charge in [-0.15, -0.1) is 10.2 Å². The normalized spacial score (nSPS) is 10.2. The highest BCUT2D eigenvalue weighted by Crippen LogP contribution is 2.07. The lowest BCUT2D eigenvalue weighted by atomic mass is 10.5. The molecule has 2 rings (SSSR count). The van der Waals surface area contributed by atoms with Crippen LogP contribution in [0.3, 0.4) is 0 Å². The summed E-state index contributed by atoms with van der Waals surface area (Å²) in [4.78, 5) is 0.789. The molecule has 0 bridgehead atoms. The lowest BCUT2D eigenvalue weighted by Crippen LogP contribution is -1.75. The molecule has 4 nitrogen and oxygen atoms in total. The Labute approximate surface area is 54.7 Å². The van der Waals surface area contributed by atoms with Crippen LogP contribution in [-0.4, -0.2) is 19.8 Å². The Morgan fingerprint density at radius 2 is 2.33 bits per heavy atom. The summed E-state index contributed by atoms with van der Waals surface area (Å²) in [5, 5.41) is 11.2. The van der Waals surface area contributed by atoms with E-state index < -0.39 is 0 Å². The number of hydrogen-bond donors (Lipinski definition) is 0. The van der Waals surface area contributed by atoms with Crippen LogP contribution in [0.25, 0.3) is 10.3 Å². The molecular weight excluding hydrogens is 136 g/mol. The highest BCUT2D eigenvalue weighted by molar-refractivity contribution is 7.12. The van der Waals surface area contributed by atoms with E-state index in [2.05, 4.69) is 19.8 Å². The quantitative estimate of drug-likeness (QED) is 0.531. The van der Waals surface area contributed by atoms with Crippen molar-refractivity contribution in [1.29, 1.82) is 0 Å². The molecule has 0 atom stereocenters. The molecule has 0 amide bonds. The molecule has 0 aromatic carbocycles. The zero-order valence-corrected chi connectivity index (χ0v) is 5.17. The van der Waals surface area contributed by atoms with Crippen molar-refractivity contribution in [3.63, 3.8) is 0 Å². The minimum Gasteiger partial charge on any atom is -0.158 e. The average molecular weight is 138 g/mol. The van der Waals surface area contributed by atoms with Crippen LogP contribution in [0.1, 0.15) is 0 Å². The molecule has 44 valence electrons. The van der Waals surface area contributed by atoms with Gasteiger partial charge in [0, 0.05) is 11.5 Å². The maximum Gasteiger partial charge on any atom is 0.186 e. The highest BCUT2D eigenvalue weighted by Gasteiger charge is 1.94. The van der Waals surface area contributed by atoms with Crippen molar-refractivity contribution in [2.75, 3.05) is 0 Å². The predicted octanol–water partition coefficient (Wildman–Crippen LogP) is 0.481. The first kappa shape index (κ1) is 4.75. The monoisotopic (exact) mass is 138 g/mol. The highest BCUT2D eigenvalue weighted by atomic mass is 32.1. The van der Waals surface area contributed by atoms with Crippen molar-refractivity contribution in [2.45, 2.75) is 0 Å². The van der Waals surface area contributed by atoms with E-state index in [1.54, 1.807) is 12.3 Å². The Morgan fingerprint density at radius 1 is 1.33 bits per heavy atom. The first-order valence-corrected chi connectivity index (χ1v) is 3.14. The first-order chi connectivity index (χ1) is 4.47. The Balaban J connectivity index is 2.95. The van der Waals surface area contributed by atoms with E-state index in [4.69, 9.17) is 0 Å². The van der Waals surface area contributed by atoms with Gasteiger partial charge in [0.05, 0.1) is 6.20 Å². The van der Waals surface area contributed by atoms with E-state index in [1.807, 2.05) is 0 Å². The maximum atomic E-state index is 3.78. The maximum absolute atomic E-state index is 3.78. The van der Waals surface area contributed by atoms with Gasteiger partial charge in [-0.2, -0.15) is 5.10 Å². The third-order valence-electron chi connectivity index (χ3n) is 0.943. The first-order valence-electron chi connectivity index (χ1n) is 2.36. The number of nitrogens with zero attached hydrogens (tertiary/aromatic N) is 4. The zero-order valence-electron chi connectivity index (χ0n) is 4.35. The van der Waals surface area contributed by atoms with Gasteiger partial charge >= 0.3 is 0 Å². The largest absolute Gasteiger partial charge is 0.186 e. The van der Waals surface area contributed by atoms with Gasteiger partial charge in [0.15, 0.2) is 4.83 Å². The molecule has 0 saturated carbocycles. The molecule has 0 radical (unpaired) electrons. The van der Waals surface area contributed by atoms with Crippen LogP contribution in [0, 0.1) is 0 Å². The molecule has 2 aromatic heterocycles. The SMILES string of the molecule is c1cc2nnsc2nn1. The zero-order chi connectivity index (χ0) is 6.10. The average Bonchev–Trinajstić information content (AvgIpc) is 2.33. The number of rotatable bonds is 0. The fourth-order valence-electron chi connectivity index (χ4n) is 0.556. The van der Waals surface area contributed by atoms with Crippen LogP contribution in [0.5, 0.6) is 0 Å². The van der Waals surface area contributed by atoms with Gasteiger partial charge in [-0.05, 0) is 6.07 Å². The Hall–Kier alpha value is -1.10. The topological polar surface area (TPSA) is 51.6 Å². The van der Waals surface area contributed by atoms with Gasteiger partial charge in [0.1, 0.15) is 5.52 Å². The van der Waals surface area contributed by atoms with E-state index in [-0.39, 0.29) is 0 Å². The van der Waals surface area contributed by atoms with Crippen molar-refractivity contribution in [1.82, 2.24) is 19.8 Å². The minimum atomic E-state index is 0.789. The summed E-state index contributed by atoms with van der Waals surface area (Å²) >= 11 is 1.25. The van der Waals surface area contributed by atoms with Gasteiger partial charge in [-0.1, -0.05) is 4.49 Å². The summed E-state index contributed by atoms with van der Waals surface area (Å²) in [6.45, 7) is 0. The Bertz CT molecular complexity index is 287. The van der Waals surface area contributed by atoms with Crippen molar-refractivity contribution in [2.24, 2.45) is 0 Å². The molecule has 0 unspecified atom stereocenters. The summed E-state index contributed by atoms with van der Waals surface area (Å²) in [7, 11) is 0. The summed E-state index contributed by atoms with van der Waals surface area (Å²) in [6.07, 6.45) is 1.60. The van der Waals surface area contributed by atoms with Crippen molar-refractivity contribution < 1.29 is 0 Å². The number of hydrogen-bond acceptors (Lipinski definition) is 5.